The van der Waals surface area contributed by atoms with Crippen LogP contribution in [0.3, 0.4) is 0 Å². The van der Waals surface area contributed by atoms with Crippen molar-refractivity contribution in [2.45, 2.75) is 64.2 Å². The van der Waals surface area contributed by atoms with Gasteiger partial charge in [0.2, 0.25) is 11.8 Å². The number of nitrogens with one attached hydrogen (secondary N) is 1. The van der Waals surface area contributed by atoms with E-state index in [1.54, 1.807) is 18.3 Å². The van der Waals surface area contributed by atoms with Gasteiger partial charge in [0, 0.05) is 41.5 Å². The molecule has 28 heavy (non-hydrogen) atoms. The third kappa shape index (κ3) is 3.64. The fourth-order valence-corrected chi connectivity index (χ4v) is 5.43. The summed E-state index contributed by atoms with van der Waals surface area (Å²) in [6, 6.07) is 0. The minimum absolute atomic E-state index is 0.00893. The lowest BCUT2D eigenvalue weighted by Gasteiger charge is -2.20. The molecule has 2 heterocycles. The van der Waals surface area contributed by atoms with Gasteiger partial charge in [0.25, 0.3) is 5.91 Å². The molecule has 6 nitrogen and oxygen atoms in total. The van der Waals surface area contributed by atoms with E-state index in [2.05, 4.69) is 15.5 Å². The Bertz CT molecular complexity index is 923. The van der Waals surface area contributed by atoms with Gasteiger partial charge in [-0.1, -0.05) is 0 Å². The number of amides is 1. The predicted molar refractivity (Wildman–Crippen MR) is 105 cm³/mol. The van der Waals surface area contributed by atoms with Crippen molar-refractivity contribution >= 4 is 23.0 Å². The molecular weight excluding hydrogens is 374 g/mol. The van der Waals surface area contributed by atoms with Gasteiger partial charge in [-0.15, -0.1) is 21.5 Å². The zero-order chi connectivity index (χ0) is 19.3. The Kier molecular flexibility index (Phi) is 4.57. The van der Waals surface area contributed by atoms with Crippen LogP contribution in [-0.2, 0) is 24.1 Å². The Hall–Kier alpha value is -2.02. The number of carbonyl (C=O) groups excluding carboxylic acids is 2. The molecule has 1 unspecified atom stereocenters. The number of thiophene rings is 1. The number of hydrogen-bond donors (Lipinski definition) is 1. The zero-order valence-corrected chi connectivity index (χ0v) is 16.9. The van der Waals surface area contributed by atoms with E-state index in [1.807, 2.05) is 0 Å². The monoisotopic (exact) mass is 399 g/mol. The lowest BCUT2D eigenvalue weighted by molar-refractivity contribution is -0.119. The third-order valence-electron chi connectivity index (χ3n) is 6.07. The van der Waals surface area contributed by atoms with Gasteiger partial charge in [-0.05, 0) is 56.4 Å². The molecule has 148 valence electrons. The van der Waals surface area contributed by atoms with Crippen LogP contribution < -0.4 is 5.32 Å². The summed E-state index contributed by atoms with van der Waals surface area (Å²) in [6.07, 6.45) is 7.38. The number of rotatable bonds is 7. The van der Waals surface area contributed by atoms with Crippen LogP contribution in [0.5, 0.6) is 0 Å². The summed E-state index contributed by atoms with van der Waals surface area (Å²) >= 11 is 1.67. The standard InChI is InChI=1S/C21H25N3O3S/c1-11-23-24-21(27-11)14-6-7-17-15(8-14)19(20(26)22-10-12-2-3-12)18(28-17)9-16(25)13-4-5-13/h12-14H,2-10H2,1H3,(H,22,26). The second-order valence-electron chi connectivity index (χ2n) is 8.47. The molecule has 2 aromatic heterocycles. The third-order valence-corrected chi connectivity index (χ3v) is 7.36. The Morgan fingerprint density at radius 1 is 1.18 bits per heavy atom. The summed E-state index contributed by atoms with van der Waals surface area (Å²) in [5.41, 5.74) is 1.86. The van der Waals surface area contributed by atoms with E-state index >= 15 is 0 Å². The minimum Gasteiger partial charge on any atom is -0.425 e. The molecule has 0 aromatic carbocycles. The highest BCUT2D eigenvalue weighted by Gasteiger charge is 2.35. The highest BCUT2D eigenvalue weighted by Crippen LogP contribution is 2.41. The summed E-state index contributed by atoms with van der Waals surface area (Å²) < 4.78 is 5.66. The van der Waals surface area contributed by atoms with Gasteiger partial charge in [0.15, 0.2) is 0 Å². The van der Waals surface area contributed by atoms with Crippen molar-refractivity contribution in [3.8, 4) is 0 Å². The minimum atomic E-state index is -0.00893. The first-order chi connectivity index (χ1) is 13.6. The number of hydrogen-bond acceptors (Lipinski definition) is 6. The summed E-state index contributed by atoms with van der Waals surface area (Å²) in [7, 11) is 0. The SMILES string of the molecule is Cc1nnc(C2CCc3sc(CC(=O)C4CC4)c(C(=O)NCC4CC4)c3C2)o1. The molecular formula is C21H25N3O3S. The van der Waals surface area contributed by atoms with Crippen LogP contribution >= 0.6 is 11.3 Å². The van der Waals surface area contributed by atoms with E-state index in [-0.39, 0.29) is 17.7 Å². The van der Waals surface area contributed by atoms with Crippen LogP contribution in [0.4, 0.5) is 0 Å². The molecule has 2 aromatic rings. The smallest absolute Gasteiger partial charge is 0.252 e. The van der Waals surface area contributed by atoms with Gasteiger partial charge in [0.1, 0.15) is 5.78 Å². The van der Waals surface area contributed by atoms with Crippen LogP contribution in [0.25, 0.3) is 0 Å². The average Bonchev–Trinajstić information content (AvgIpc) is 3.60. The summed E-state index contributed by atoms with van der Waals surface area (Å²) in [6.45, 7) is 2.54. The lowest BCUT2D eigenvalue weighted by atomic mass is 9.85. The van der Waals surface area contributed by atoms with Gasteiger partial charge in [-0.2, -0.15) is 0 Å². The zero-order valence-electron chi connectivity index (χ0n) is 16.1. The number of carbonyl (C=O) groups is 2. The number of aromatic nitrogens is 2. The molecule has 7 heteroatoms. The Morgan fingerprint density at radius 2 is 2.00 bits per heavy atom. The molecule has 1 N–H and O–H groups in total. The van der Waals surface area contributed by atoms with Crippen molar-refractivity contribution in [1.82, 2.24) is 15.5 Å². The van der Waals surface area contributed by atoms with Crippen LogP contribution in [-0.4, -0.2) is 28.4 Å². The quantitative estimate of drug-likeness (QED) is 0.771. The summed E-state index contributed by atoms with van der Waals surface area (Å²) in [4.78, 5) is 27.8. The van der Waals surface area contributed by atoms with E-state index in [9.17, 15) is 9.59 Å². The van der Waals surface area contributed by atoms with E-state index in [0.717, 1.165) is 54.7 Å². The van der Waals surface area contributed by atoms with Crippen molar-refractivity contribution < 1.29 is 14.0 Å². The van der Waals surface area contributed by atoms with Gasteiger partial charge in [0.05, 0.1) is 5.56 Å². The van der Waals surface area contributed by atoms with Crippen molar-refractivity contribution in [2.75, 3.05) is 6.54 Å². The number of nitrogens with zero attached hydrogens (tertiary/aromatic N) is 2. The molecule has 0 radical (unpaired) electrons. The summed E-state index contributed by atoms with van der Waals surface area (Å²) in [5.74, 6) is 2.51. The first-order valence-corrected chi connectivity index (χ1v) is 11.1. The number of aryl methyl sites for hydroxylation is 2. The molecule has 0 bridgehead atoms. The van der Waals surface area contributed by atoms with Gasteiger partial charge < -0.3 is 9.73 Å². The largest absolute Gasteiger partial charge is 0.425 e. The maximum Gasteiger partial charge on any atom is 0.252 e. The Morgan fingerprint density at radius 3 is 2.68 bits per heavy atom. The fourth-order valence-electron chi connectivity index (χ4n) is 4.07. The maximum absolute atomic E-state index is 13.1. The van der Waals surface area contributed by atoms with Crippen molar-refractivity contribution in [3.05, 3.63) is 32.7 Å². The van der Waals surface area contributed by atoms with Crippen molar-refractivity contribution in [2.24, 2.45) is 11.8 Å². The molecule has 0 aliphatic heterocycles. The average molecular weight is 400 g/mol. The van der Waals surface area contributed by atoms with E-state index in [0.29, 0.717) is 29.9 Å². The predicted octanol–water partition coefficient (Wildman–Crippen LogP) is 3.37. The van der Waals surface area contributed by atoms with Crippen molar-refractivity contribution in [3.63, 3.8) is 0 Å². The number of Topliss-reactive ketones (excluding diaryl/α,β-unsaturated/α-hetero) is 1. The Labute approximate surface area is 168 Å². The van der Waals surface area contributed by atoms with Gasteiger partial charge >= 0.3 is 0 Å². The van der Waals surface area contributed by atoms with Gasteiger partial charge in [-0.3, -0.25) is 9.59 Å². The molecule has 2 fully saturated rings. The molecule has 2 saturated carbocycles. The van der Waals surface area contributed by atoms with E-state index < -0.39 is 0 Å². The van der Waals surface area contributed by atoms with Crippen LogP contribution in [0.1, 0.15) is 75.5 Å². The highest BCUT2D eigenvalue weighted by molar-refractivity contribution is 7.12. The van der Waals surface area contributed by atoms with Crippen LogP contribution in [0.2, 0.25) is 0 Å². The normalized spacial score (nSPS) is 21.4. The molecule has 1 amide bonds. The van der Waals surface area contributed by atoms with Crippen LogP contribution in [0, 0.1) is 18.8 Å². The fraction of sp³-hybridized carbons (Fsp3) is 0.619. The topological polar surface area (TPSA) is 85.1 Å². The molecule has 3 aliphatic carbocycles. The summed E-state index contributed by atoms with van der Waals surface area (Å²) in [5, 5.41) is 11.3. The second kappa shape index (κ2) is 7.10. The molecule has 0 saturated heterocycles. The van der Waals surface area contributed by atoms with Crippen molar-refractivity contribution in [1.29, 1.82) is 0 Å². The maximum atomic E-state index is 13.1. The Balaban J connectivity index is 1.43. The van der Waals surface area contributed by atoms with E-state index in [4.69, 9.17) is 4.42 Å². The number of ketones is 1. The second-order valence-corrected chi connectivity index (χ2v) is 9.66. The molecule has 0 spiro atoms. The molecule has 1 atom stereocenters. The highest BCUT2D eigenvalue weighted by atomic mass is 32.1. The molecule has 5 rings (SSSR count). The lowest BCUT2D eigenvalue weighted by Crippen LogP contribution is -2.28. The van der Waals surface area contributed by atoms with Crippen LogP contribution in [0.15, 0.2) is 4.42 Å². The number of fused-ring (bicyclic) bond motifs is 1. The first kappa shape index (κ1) is 18.0. The molecule has 3 aliphatic rings. The first-order valence-electron chi connectivity index (χ1n) is 10.3. The van der Waals surface area contributed by atoms with Gasteiger partial charge in [-0.25, -0.2) is 0 Å². The van der Waals surface area contributed by atoms with E-state index in [1.165, 1.54) is 17.7 Å².